The standard InChI is InChI=1S/C10H13NO3/c11-7-8-3-1-2-4-9(8)14-6-5-10(12)13/h1-4H,5-7,11H2,(H,12,13). The van der Waals surface area contributed by atoms with Gasteiger partial charge in [0.1, 0.15) is 5.75 Å². The molecule has 0 heterocycles. The molecule has 0 aliphatic carbocycles. The van der Waals surface area contributed by atoms with Crippen molar-refractivity contribution in [3.63, 3.8) is 0 Å². The van der Waals surface area contributed by atoms with Crippen molar-refractivity contribution in [2.45, 2.75) is 13.0 Å². The lowest BCUT2D eigenvalue weighted by Gasteiger charge is -2.08. The van der Waals surface area contributed by atoms with Gasteiger partial charge in [-0.15, -0.1) is 0 Å². The number of carboxylic acid groups (broad SMARTS) is 1. The van der Waals surface area contributed by atoms with E-state index in [1.807, 2.05) is 18.2 Å². The van der Waals surface area contributed by atoms with Crippen molar-refractivity contribution in [2.24, 2.45) is 5.73 Å². The average molecular weight is 195 g/mol. The first kappa shape index (κ1) is 10.5. The van der Waals surface area contributed by atoms with Crippen LogP contribution in [0.2, 0.25) is 0 Å². The van der Waals surface area contributed by atoms with Gasteiger partial charge >= 0.3 is 5.97 Å². The number of nitrogens with two attached hydrogens (primary N) is 1. The Morgan fingerprint density at radius 2 is 2.14 bits per heavy atom. The molecule has 1 rings (SSSR count). The van der Waals surface area contributed by atoms with Crippen molar-refractivity contribution in [3.05, 3.63) is 29.8 Å². The topological polar surface area (TPSA) is 72.5 Å². The SMILES string of the molecule is NCc1ccccc1OCCC(=O)O. The molecule has 0 spiro atoms. The van der Waals surface area contributed by atoms with E-state index >= 15 is 0 Å². The smallest absolute Gasteiger partial charge is 0.306 e. The predicted molar refractivity (Wildman–Crippen MR) is 52.1 cm³/mol. The lowest BCUT2D eigenvalue weighted by molar-refractivity contribution is -0.137. The van der Waals surface area contributed by atoms with Gasteiger partial charge in [-0.2, -0.15) is 0 Å². The normalized spacial score (nSPS) is 9.79. The molecule has 0 aromatic heterocycles. The van der Waals surface area contributed by atoms with Crippen LogP contribution < -0.4 is 10.5 Å². The minimum atomic E-state index is -0.866. The van der Waals surface area contributed by atoms with Crippen LogP contribution in [0.25, 0.3) is 0 Å². The lowest BCUT2D eigenvalue weighted by atomic mass is 10.2. The summed E-state index contributed by atoms with van der Waals surface area (Å²) in [6, 6.07) is 7.33. The van der Waals surface area contributed by atoms with Gasteiger partial charge in [-0.25, -0.2) is 0 Å². The third-order valence-electron chi connectivity index (χ3n) is 1.77. The summed E-state index contributed by atoms with van der Waals surface area (Å²) in [6.07, 6.45) is -0.00109. The Hall–Kier alpha value is -1.55. The van der Waals surface area contributed by atoms with Crippen LogP contribution in [0, 0.1) is 0 Å². The van der Waals surface area contributed by atoms with Gasteiger partial charge in [-0.3, -0.25) is 4.79 Å². The molecule has 1 aromatic carbocycles. The minimum absolute atomic E-state index is 0.00109. The van der Waals surface area contributed by atoms with Crippen molar-refractivity contribution in [1.82, 2.24) is 0 Å². The number of carbonyl (C=O) groups is 1. The van der Waals surface area contributed by atoms with E-state index in [9.17, 15) is 4.79 Å². The number of hydrogen-bond acceptors (Lipinski definition) is 3. The fourth-order valence-corrected chi connectivity index (χ4v) is 1.06. The predicted octanol–water partition coefficient (Wildman–Crippen LogP) is 0.999. The molecule has 0 saturated heterocycles. The molecule has 0 bridgehead atoms. The Balaban J connectivity index is 2.53. The van der Waals surface area contributed by atoms with E-state index in [2.05, 4.69) is 0 Å². The van der Waals surface area contributed by atoms with Gasteiger partial charge in [0.2, 0.25) is 0 Å². The monoisotopic (exact) mass is 195 g/mol. The van der Waals surface area contributed by atoms with Gasteiger partial charge in [-0.1, -0.05) is 18.2 Å². The molecule has 14 heavy (non-hydrogen) atoms. The fourth-order valence-electron chi connectivity index (χ4n) is 1.06. The molecule has 0 amide bonds. The molecule has 1 aromatic rings. The first-order chi connectivity index (χ1) is 6.74. The van der Waals surface area contributed by atoms with Crippen LogP contribution in [0.1, 0.15) is 12.0 Å². The maximum absolute atomic E-state index is 10.2. The van der Waals surface area contributed by atoms with Crippen molar-refractivity contribution >= 4 is 5.97 Å². The largest absolute Gasteiger partial charge is 0.493 e. The highest BCUT2D eigenvalue weighted by molar-refractivity contribution is 5.66. The summed E-state index contributed by atoms with van der Waals surface area (Å²) in [7, 11) is 0. The van der Waals surface area contributed by atoms with Gasteiger partial charge in [0.05, 0.1) is 13.0 Å². The summed E-state index contributed by atoms with van der Waals surface area (Å²) >= 11 is 0. The molecule has 4 nitrogen and oxygen atoms in total. The summed E-state index contributed by atoms with van der Waals surface area (Å²) in [5.41, 5.74) is 6.37. The molecule has 0 aliphatic heterocycles. The highest BCUT2D eigenvalue weighted by Gasteiger charge is 2.02. The van der Waals surface area contributed by atoms with Crippen molar-refractivity contribution in [1.29, 1.82) is 0 Å². The maximum Gasteiger partial charge on any atom is 0.306 e. The molecule has 0 saturated carbocycles. The number of carboxylic acids is 1. The van der Waals surface area contributed by atoms with E-state index in [0.29, 0.717) is 12.3 Å². The van der Waals surface area contributed by atoms with Crippen LogP contribution in [0.3, 0.4) is 0 Å². The molecular weight excluding hydrogens is 182 g/mol. The molecule has 0 aliphatic rings. The van der Waals surface area contributed by atoms with E-state index in [4.69, 9.17) is 15.6 Å². The summed E-state index contributed by atoms with van der Waals surface area (Å²) in [4.78, 5) is 10.2. The Labute approximate surface area is 82.3 Å². The zero-order valence-electron chi connectivity index (χ0n) is 7.77. The number of hydrogen-bond donors (Lipinski definition) is 2. The third-order valence-corrected chi connectivity index (χ3v) is 1.77. The third kappa shape index (κ3) is 3.06. The molecule has 76 valence electrons. The summed E-state index contributed by atoms with van der Waals surface area (Å²) in [5.74, 6) is -0.202. The Morgan fingerprint density at radius 1 is 1.43 bits per heavy atom. The summed E-state index contributed by atoms with van der Waals surface area (Å²) in [5, 5.41) is 8.41. The summed E-state index contributed by atoms with van der Waals surface area (Å²) in [6.45, 7) is 0.565. The van der Waals surface area contributed by atoms with Crippen LogP contribution >= 0.6 is 0 Å². The van der Waals surface area contributed by atoms with Crippen LogP contribution in [0.5, 0.6) is 5.75 Å². The Kier molecular flexibility index (Phi) is 3.94. The molecular formula is C10H13NO3. The molecule has 0 unspecified atom stereocenters. The van der Waals surface area contributed by atoms with Gasteiger partial charge in [0, 0.05) is 12.1 Å². The minimum Gasteiger partial charge on any atom is -0.493 e. The second-order valence-electron chi connectivity index (χ2n) is 2.80. The zero-order chi connectivity index (χ0) is 10.4. The van der Waals surface area contributed by atoms with E-state index in [1.54, 1.807) is 6.07 Å². The van der Waals surface area contributed by atoms with Crippen molar-refractivity contribution < 1.29 is 14.6 Å². The molecule has 4 heteroatoms. The number of benzene rings is 1. The molecule has 0 radical (unpaired) electrons. The van der Waals surface area contributed by atoms with Gasteiger partial charge in [0.25, 0.3) is 0 Å². The molecule has 3 N–H and O–H groups in total. The lowest BCUT2D eigenvalue weighted by Crippen LogP contribution is -2.07. The highest BCUT2D eigenvalue weighted by atomic mass is 16.5. The van der Waals surface area contributed by atoms with Gasteiger partial charge < -0.3 is 15.6 Å². The van der Waals surface area contributed by atoms with Crippen LogP contribution in [0.4, 0.5) is 0 Å². The number of para-hydroxylation sites is 1. The molecule has 0 atom stereocenters. The van der Waals surface area contributed by atoms with E-state index in [1.165, 1.54) is 0 Å². The Bertz CT molecular complexity index is 312. The first-order valence-electron chi connectivity index (χ1n) is 4.36. The van der Waals surface area contributed by atoms with Crippen LogP contribution in [-0.2, 0) is 11.3 Å². The van der Waals surface area contributed by atoms with Gasteiger partial charge in [-0.05, 0) is 6.07 Å². The van der Waals surface area contributed by atoms with Gasteiger partial charge in [0.15, 0.2) is 0 Å². The van der Waals surface area contributed by atoms with Crippen molar-refractivity contribution in [3.8, 4) is 5.75 Å². The first-order valence-corrected chi connectivity index (χ1v) is 4.36. The van der Waals surface area contributed by atoms with Crippen molar-refractivity contribution in [2.75, 3.05) is 6.61 Å². The van der Waals surface area contributed by atoms with E-state index in [0.717, 1.165) is 5.56 Å². The molecule has 0 fully saturated rings. The zero-order valence-corrected chi connectivity index (χ0v) is 7.77. The second kappa shape index (κ2) is 5.24. The maximum atomic E-state index is 10.2. The van der Waals surface area contributed by atoms with E-state index < -0.39 is 5.97 Å². The highest BCUT2D eigenvalue weighted by Crippen LogP contribution is 2.16. The van der Waals surface area contributed by atoms with Crippen LogP contribution in [-0.4, -0.2) is 17.7 Å². The average Bonchev–Trinajstić information content (AvgIpc) is 2.18. The Morgan fingerprint density at radius 3 is 2.79 bits per heavy atom. The number of ether oxygens (including phenoxy) is 1. The second-order valence-corrected chi connectivity index (χ2v) is 2.80. The quantitative estimate of drug-likeness (QED) is 0.735. The fraction of sp³-hybridized carbons (Fsp3) is 0.300. The number of rotatable bonds is 5. The van der Waals surface area contributed by atoms with E-state index in [-0.39, 0.29) is 13.0 Å². The van der Waals surface area contributed by atoms with Crippen LogP contribution in [0.15, 0.2) is 24.3 Å². The summed E-state index contributed by atoms with van der Waals surface area (Å²) < 4.78 is 5.28. The number of aliphatic carboxylic acids is 1.